The van der Waals surface area contributed by atoms with Crippen molar-refractivity contribution in [3.05, 3.63) is 65.2 Å². The number of esters is 1. The Kier molecular flexibility index (Phi) is 5.13. The Labute approximate surface area is 136 Å². The second kappa shape index (κ2) is 7.08. The van der Waals surface area contributed by atoms with Crippen LogP contribution in [0.15, 0.2) is 48.5 Å². The quantitative estimate of drug-likeness (QED) is 0.508. The first kappa shape index (κ1) is 17.4. The zero-order valence-corrected chi connectivity index (χ0v) is 12.5. The molecular weight excluding hydrogens is 321 g/mol. The van der Waals surface area contributed by atoms with Crippen molar-refractivity contribution in [1.82, 2.24) is 0 Å². The number of hydrogen-bond donors (Lipinski definition) is 2. The number of halogens is 3. The minimum absolute atomic E-state index is 0.00851. The van der Waals surface area contributed by atoms with E-state index in [4.69, 9.17) is 16.2 Å². The SMILES string of the molecule is Nc1cc(N)cc(COC(=O)C=Cc2ccc(C(F)(F)F)cc2)c1. The van der Waals surface area contributed by atoms with Crippen LogP contribution in [0.25, 0.3) is 6.08 Å². The van der Waals surface area contributed by atoms with Crippen molar-refractivity contribution < 1.29 is 22.7 Å². The first-order valence-electron chi connectivity index (χ1n) is 6.91. The fourth-order valence-electron chi connectivity index (χ4n) is 1.98. The van der Waals surface area contributed by atoms with Gasteiger partial charge in [0.15, 0.2) is 0 Å². The molecule has 0 unspecified atom stereocenters. The number of alkyl halides is 3. The van der Waals surface area contributed by atoms with Gasteiger partial charge in [-0.15, -0.1) is 0 Å². The molecule has 2 aromatic carbocycles. The van der Waals surface area contributed by atoms with Crippen LogP contribution >= 0.6 is 0 Å². The maximum Gasteiger partial charge on any atom is 0.416 e. The van der Waals surface area contributed by atoms with E-state index in [0.717, 1.165) is 18.2 Å². The first-order chi connectivity index (χ1) is 11.2. The first-order valence-corrected chi connectivity index (χ1v) is 6.91. The van der Waals surface area contributed by atoms with E-state index in [-0.39, 0.29) is 6.61 Å². The molecule has 0 aliphatic heterocycles. The molecule has 0 fully saturated rings. The Morgan fingerprint density at radius 2 is 1.62 bits per heavy atom. The summed E-state index contributed by atoms with van der Waals surface area (Å²) in [5.74, 6) is -0.629. The predicted octanol–water partition coefficient (Wildman–Crippen LogP) is 3.63. The van der Waals surface area contributed by atoms with E-state index in [1.807, 2.05) is 0 Å². The minimum atomic E-state index is -4.39. The van der Waals surface area contributed by atoms with Crippen LogP contribution in [-0.2, 0) is 22.3 Å². The third kappa shape index (κ3) is 5.05. The normalized spacial score (nSPS) is 11.6. The Morgan fingerprint density at radius 3 is 2.17 bits per heavy atom. The van der Waals surface area contributed by atoms with E-state index in [1.54, 1.807) is 18.2 Å². The number of anilines is 2. The average molecular weight is 336 g/mol. The molecule has 7 heteroatoms. The molecule has 24 heavy (non-hydrogen) atoms. The highest BCUT2D eigenvalue weighted by molar-refractivity contribution is 5.87. The molecule has 126 valence electrons. The van der Waals surface area contributed by atoms with Gasteiger partial charge in [-0.05, 0) is 47.5 Å². The average Bonchev–Trinajstić information content (AvgIpc) is 2.49. The van der Waals surface area contributed by atoms with Gasteiger partial charge in [0.05, 0.1) is 5.56 Å². The summed E-state index contributed by atoms with van der Waals surface area (Å²) in [7, 11) is 0. The van der Waals surface area contributed by atoms with Crippen LogP contribution in [0.1, 0.15) is 16.7 Å². The molecule has 2 rings (SSSR count). The van der Waals surface area contributed by atoms with Crippen molar-refractivity contribution in [1.29, 1.82) is 0 Å². The zero-order valence-electron chi connectivity index (χ0n) is 12.5. The van der Waals surface area contributed by atoms with Crippen molar-refractivity contribution >= 4 is 23.4 Å². The molecular formula is C17H15F3N2O2. The molecule has 4 N–H and O–H groups in total. The van der Waals surface area contributed by atoms with Gasteiger partial charge >= 0.3 is 12.1 Å². The van der Waals surface area contributed by atoms with Crippen LogP contribution < -0.4 is 11.5 Å². The van der Waals surface area contributed by atoms with Gasteiger partial charge in [0.2, 0.25) is 0 Å². The van der Waals surface area contributed by atoms with Crippen molar-refractivity contribution in [2.45, 2.75) is 12.8 Å². The van der Waals surface area contributed by atoms with Gasteiger partial charge in [-0.1, -0.05) is 12.1 Å². The summed E-state index contributed by atoms with van der Waals surface area (Å²) in [5, 5.41) is 0. The fourth-order valence-corrected chi connectivity index (χ4v) is 1.98. The van der Waals surface area contributed by atoms with Crippen LogP contribution in [0.4, 0.5) is 24.5 Å². The number of carbonyl (C=O) groups is 1. The lowest BCUT2D eigenvalue weighted by Crippen LogP contribution is -2.04. The Bertz CT molecular complexity index is 733. The zero-order chi connectivity index (χ0) is 17.7. The van der Waals surface area contributed by atoms with Crippen LogP contribution in [0, 0.1) is 0 Å². The van der Waals surface area contributed by atoms with Gasteiger partial charge in [0, 0.05) is 17.5 Å². The molecule has 0 aromatic heterocycles. The van der Waals surface area contributed by atoms with Crippen molar-refractivity contribution in [3.63, 3.8) is 0 Å². The molecule has 0 atom stereocenters. The van der Waals surface area contributed by atoms with Crippen LogP contribution in [0.5, 0.6) is 0 Å². The van der Waals surface area contributed by atoms with Gasteiger partial charge in [-0.2, -0.15) is 13.2 Å². The Morgan fingerprint density at radius 1 is 1.04 bits per heavy atom. The number of benzene rings is 2. The van der Waals surface area contributed by atoms with Crippen LogP contribution in [0.2, 0.25) is 0 Å². The lowest BCUT2D eigenvalue weighted by molar-refractivity contribution is -0.139. The second-order valence-electron chi connectivity index (χ2n) is 5.07. The van der Waals surface area contributed by atoms with E-state index in [2.05, 4.69) is 0 Å². The van der Waals surface area contributed by atoms with Gasteiger partial charge in [-0.25, -0.2) is 4.79 Å². The summed E-state index contributed by atoms with van der Waals surface area (Å²) < 4.78 is 42.3. The monoisotopic (exact) mass is 336 g/mol. The van der Waals surface area contributed by atoms with Gasteiger partial charge < -0.3 is 16.2 Å². The molecule has 0 aliphatic rings. The number of carbonyl (C=O) groups excluding carboxylic acids is 1. The van der Waals surface area contributed by atoms with E-state index < -0.39 is 17.7 Å². The molecule has 2 aromatic rings. The standard InChI is InChI=1S/C17H15F3N2O2/c18-17(19,20)13-4-1-11(2-5-13)3-6-16(23)24-10-12-7-14(21)9-15(22)8-12/h1-9H,10,21-22H2. The number of rotatable bonds is 4. The maximum atomic E-state index is 12.4. The Balaban J connectivity index is 1.93. The van der Waals surface area contributed by atoms with E-state index >= 15 is 0 Å². The molecule has 0 bridgehead atoms. The van der Waals surface area contributed by atoms with E-state index in [1.165, 1.54) is 18.2 Å². The summed E-state index contributed by atoms with van der Waals surface area (Å²) in [6, 6.07) is 9.26. The molecule has 0 radical (unpaired) electrons. The van der Waals surface area contributed by atoms with E-state index in [0.29, 0.717) is 22.5 Å². The van der Waals surface area contributed by atoms with Crippen LogP contribution in [0.3, 0.4) is 0 Å². The fraction of sp³-hybridized carbons (Fsp3) is 0.118. The molecule has 0 amide bonds. The highest BCUT2D eigenvalue weighted by atomic mass is 19.4. The van der Waals surface area contributed by atoms with Gasteiger partial charge in [0.1, 0.15) is 6.61 Å². The topological polar surface area (TPSA) is 78.3 Å². The predicted molar refractivity (Wildman–Crippen MR) is 85.5 cm³/mol. The lowest BCUT2D eigenvalue weighted by Gasteiger charge is -2.06. The van der Waals surface area contributed by atoms with Gasteiger partial charge in [0.25, 0.3) is 0 Å². The molecule has 0 aliphatic carbocycles. The smallest absolute Gasteiger partial charge is 0.416 e. The maximum absolute atomic E-state index is 12.4. The largest absolute Gasteiger partial charge is 0.458 e. The number of hydrogen-bond acceptors (Lipinski definition) is 4. The number of ether oxygens (including phenoxy) is 1. The summed E-state index contributed by atoms with van der Waals surface area (Å²) in [5.41, 5.74) is 12.5. The summed E-state index contributed by atoms with van der Waals surface area (Å²) in [4.78, 5) is 11.6. The molecule has 0 saturated heterocycles. The van der Waals surface area contributed by atoms with Crippen LogP contribution in [-0.4, -0.2) is 5.97 Å². The van der Waals surface area contributed by atoms with Crippen molar-refractivity contribution in [2.75, 3.05) is 11.5 Å². The summed E-state index contributed by atoms with van der Waals surface area (Å²) >= 11 is 0. The molecule has 0 saturated carbocycles. The lowest BCUT2D eigenvalue weighted by atomic mass is 10.1. The summed E-state index contributed by atoms with van der Waals surface area (Å²) in [6.07, 6.45) is -1.88. The third-order valence-electron chi connectivity index (χ3n) is 3.07. The van der Waals surface area contributed by atoms with Gasteiger partial charge in [-0.3, -0.25) is 0 Å². The highest BCUT2D eigenvalue weighted by Crippen LogP contribution is 2.29. The minimum Gasteiger partial charge on any atom is -0.458 e. The van der Waals surface area contributed by atoms with Crippen molar-refractivity contribution in [3.8, 4) is 0 Å². The number of nitrogen functional groups attached to an aromatic ring is 2. The molecule has 4 nitrogen and oxygen atoms in total. The number of nitrogens with two attached hydrogens (primary N) is 2. The molecule has 0 spiro atoms. The Hall–Kier alpha value is -2.96. The summed E-state index contributed by atoms with van der Waals surface area (Å²) in [6.45, 7) is -0.00851. The second-order valence-corrected chi connectivity index (χ2v) is 5.07. The molecule has 0 heterocycles. The van der Waals surface area contributed by atoms with Crippen molar-refractivity contribution in [2.24, 2.45) is 0 Å². The highest BCUT2D eigenvalue weighted by Gasteiger charge is 2.29. The van der Waals surface area contributed by atoms with E-state index in [9.17, 15) is 18.0 Å². The third-order valence-corrected chi connectivity index (χ3v) is 3.07.